The summed E-state index contributed by atoms with van der Waals surface area (Å²) in [7, 11) is 0. The van der Waals surface area contributed by atoms with Crippen molar-refractivity contribution in [3.63, 3.8) is 0 Å². The van der Waals surface area contributed by atoms with Crippen molar-refractivity contribution in [3.05, 3.63) is 35.4 Å². The molecule has 0 atom stereocenters. The van der Waals surface area contributed by atoms with Crippen LogP contribution in [0.25, 0.3) is 0 Å². The van der Waals surface area contributed by atoms with Gasteiger partial charge in [0.2, 0.25) is 0 Å². The molecule has 1 fully saturated rings. The number of nitrogens with zero attached hydrogens (tertiary/aromatic N) is 2. The molecule has 0 spiro atoms. The molecule has 6 heteroatoms. The van der Waals surface area contributed by atoms with Crippen LogP contribution in [0.3, 0.4) is 0 Å². The molecule has 0 aromatic heterocycles. The molecular weight excluding hydrogens is 316 g/mol. The van der Waals surface area contributed by atoms with Crippen molar-refractivity contribution >= 4 is 5.96 Å². The SMILES string of the molecule is CCOCCCNC(N)=NCc1ccc(CN2CCC(O)CC2)cc1. The lowest BCUT2D eigenvalue weighted by molar-refractivity contribution is 0.0792. The van der Waals surface area contributed by atoms with Gasteiger partial charge in [-0.3, -0.25) is 4.90 Å². The van der Waals surface area contributed by atoms with Crippen molar-refractivity contribution < 1.29 is 9.84 Å². The predicted octanol–water partition coefficient (Wildman–Crippen LogP) is 1.47. The first-order valence-electron chi connectivity index (χ1n) is 9.27. The number of nitrogens with two attached hydrogens (primary N) is 1. The third kappa shape index (κ3) is 7.86. The third-order valence-corrected chi connectivity index (χ3v) is 4.39. The summed E-state index contributed by atoms with van der Waals surface area (Å²) in [4.78, 5) is 6.76. The number of aliphatic imine (C=N–C) groups is 1. The second-order valence-corrected chi connectivity index (χ2v) is 6.50. The topological polar surface area (TPSA) is 83.1 Å². The van der Waals surface area contributed by atoms with E-state index in [-0.39, 0.29) is 6.10 Å². The van der Waals surface area contributed by atoms with Crippen molar-refractivity contribution in [3.8, 4) is 0 Å². The molecule has 1 saturated heterocycles. The van der Waals surface area contributed by atoms with Crippen LogP contribution in [-0.4, -0.2) is 54.9 Å². The van der Waals surface area contributed by atoms with E-state index in [0.29, 0.717) is 12.5 Å². The van der Waals surface area contributed by atoms with Crippen LogP contribution in [-0.2, 0) is 17.8 Å². The van der Waals surface area contributed by atoms with E-state index in [0.717, 1.165) is 64.2 Å². The molecule has 4 N–H and O–H groups in total. The summed E-state index contributed by atoms with van der Waals surface area (Å²) in [6, 6.07) is 8.53. The highest BCUT2D eigenvalue weighted by molar-refractivity contribution is 5.77. The summed E-state index contributed by atoms with van der Waals surface area (Å²) in [5.41, 5.74) is 8.32. The van der Waals surface area contributed by atoms with Gasteiger partial charge in [0.15, 0.2) is 5.96 Å². The predicted molar refractivity (Wildman–Crippen MR) is 101 cm³/mol. The van der Waals surface area contributed by atoms with Gasteiger partial charge >= 0.3 is 0 Å². The molecule has 140 valence electrons. The van der Waals surface area contributed by atoms with Crippen molar-refractivity contribution in [1.29, 1.82) is 0 Å². The highest BCUT2D eigenvalue weighted by Gasteiger charge is 2.16. The lowest BCUT2D eigenvalue weighted by atomic mass is 10.1. The number of hydrogen-bond acceptors (Lipinski definition) is 4. The van der Waals surface area contributed by atoms with E-state index in [4.69, 9.17) is 10.5 Å². The number of nitrogens with one attached hydrogen (secondary N) is 1. The van der Waals surface area contributed by atoms with Crippen molar-refractivity contribution in [2.24, 2.45) is 10.7 Å². The minimum atomic E-state index is -0.116. The normalized spacial score (nSPS) is 17.0. The fraction of sp³-hybridized carbons (Fsp3) is 0.632. The molecule has 1 aliphatic heterocycles. The Labute approximate surface area is 151 Å². The molecule has 6 nitrogen and oxygen atoms in total. The summed E-state index contributed by atoms with van der Waals surface area (Å²) < 4.78 is 5.28. The van der Waals surface area contributed by atoms with Crippen LogP contribution in [0.15, 0.2) is 29.3 Å². The third-order valence-electron chi connectivity index (χ3n) is 4.39. The van der Waals surface area contributed by atoms with Gasteiger partial charge in [0.25, 0.3) is 0 Å². The molecule has 0 amide bonds. The quantitative estimate of drug-likeness (QED) is 0.358. The maximum absolute atomic E-state index is 9.56. The minimum Gasteiger partial charge on any atom is -0.393 e. The van der Waals surface area contributed by atoms with Gasteiger partial charge in [-0.2, -0.15) is 0 Å². The van der Waals surface area contributed by atoms with Gasteiger partial charge in [-0.05, 0) is 37.3 Å². The van der Waals surface area contributed by atoms with Crippen LogP contribution in [0, 0.1) is 0 Å². The fourth-order valence-electron chi connectivity index (χ4n) is 2.85. The highest BCUT2D eigenvalue weighted by Crippen LogP contribution is 2.14. The van der Waals surface area contributed by atoms with E-state index in [1.807, 2.05) is 6.92 Å². The fourth-order valence-corrected chi connectivity index (χ4v) is 2.85. The van der Waals surface area contributed by atoms with Crippen LogP contribution in [0.2, 0.25) is 0 Å². The number of rotatable bonds is 9. The maximum atomic E-state index is 9.56. The average Bonchev–Trinajstić information content (AvgIpc) is 2.63. The Kier molecular flexibility index (Phi) is 8.72. The minimum absolute atomic E-state index is 0.116. The molecule has 0 saturated carbocycles. The van der Waals surface area contributed by atoms with E-state index in [9.17, 15) is 5.11 Å². The lowest BCUT2D eigenvalue weighted by Crippen LogP contribution is -2.35. The number of piperidine rings is 1. The van der Waals surface area contributed by atoms with Crippen LogP contribution < -0.4 is 11.1 Å². The number of likely N-dealkylation sites (tertiary alicyclic amines) is 1. The largest absolute Gasteiger partial charge is 0.393 e. The number of benzene rings is 1. The molecular formula is C19H32N4O2. The molecule has 0 bridgehead atoms. The van der Waals surface area contributed by atoms with Crippen LogP contribution in [0.5, 0.6) is 0 Å². The Morgan fingerprint density at radius 2 is 1.96 bits per heavy atom. The highest BCUT2D eigenvalue weighted by atomic mass is 16.5. The second-order valence-electron chi connectivity index (χ2n) is 6.50. The van der Waals surface area contributed by atoms with Gasteiger partial charge in [-0.15, -0.1) is 0 Å². The van der Waals surface area contributed by atoms with Crippen LogP contribution in [0.4, 0.5) is 0 Å². The number of aliphatic hydroxyl groups is 1. The van der Waals surface area contributed by atoms with Gasteiger partial charge in [-0.25, -0.2) is 4.99 Å². The maximum Gasteiger partial charge on any atom is 0.188 e. The van der Waals surface area contributed by atoms with E-state index in [1.54, 1.807) is 0 Å². The Hall–Kier alpha value is -1.63. The second kappa shape index (κ2) is 11.1. The first-order valence-corrected chi connectivity index (χ1v) is 9.27. The van der Waals surface area contributed by atoms with Gasteiger partial charge < -0.3 is 20.9 Å². The van der Waals surface area contributed by atoms with E-state index in [2.05, 4.69) is 39.5 Å². The summed E-state index contributed by atoms with van der Waals surface area (Å²) in [6.07, 6.45) is 2.56. The number of aliphatic hydroxyl groups excluding tert-OH is 1. The van der Waals surface area contributed by atoms with Gasteiger partial charge in [0.05, 0.1) is 12.6 Å². The summed E-state index contributed by atoms with van der Waals surface area (Å²) in [5.74, 6) is 0.479. The first kappa shape index (κ1) is 19.7. The van der Waals surface area contributed by atoms with Gasteiger partial charge in [0, 0.05) is 39.4 Å². The van der Waals surface area contributed by atoms with Crippen molar-refractivity contribution in [2.45, 2.75) is 45.4 Å². The Morgan fingerprint density at radius 1 is 1.28 bits per heavy atom. The van der Waals surface area contributed by atoms with Crippen LogP contribution in [0.1, 0.15) is 37.3 Å². The number of guanidine groups is 1. The van der Waals surface area contributed by atoms with E-state index in [1.165, 1.54) is 5.56 Å². The van der Waals surface area contributed by atoms with E-state index < -0.39 is 0 Å². The Balaban J connectivity index is 1.69. The van der Waals surface area contributed by atoms with Gasteiger partial charge in [-0.1, -0.05) is 24.3 Å². The average molecular weight is 348 g/mol. The molecule has 1 aromatic rings. The molecule has 1 heterocycles. The smallest absolute Gasteiger partial charge is 0.188 e. The molecule has 1 aromatic carbocycles. The summed E-state index contributed by atoms with van der Waals surface area (Å²) in [6.45, 7) is 7.73. The van der Waals surface area contributed by atoms with E-state index >= 15 is 0 Å². The summed E-state index contributed by atoms with van der Waals surface area (Å²) in [5, 5.41) is 12.7. The zero-order chi connectivity index (χ0) is 17.9. The Bertz CT molecular complexity index is 511. The zero-order valence-corrected chi connectivity index (χ0v) is 15.3. The molecule has 2 rings (SSSR count). The summed E-state index contributed by atoms with van der Waals surface area (Å²) >= 11 is 0. The molecule has 0 unspecified atom stereocenters. The standard InChI is InChI=1S/C19H32N4O2/c1-2-25-13-3-10-21-19(20)22-14-16-4-6-17(7-5-16)15-23-11-8-18(24)9-12-23/h4-7,18,24H,2-3,8-15H2,1H3,(H3,20,21,22). The van der Waals surface area contributed by atoms with Gasteiger partial charge in [0.1, 0.15) is 0 Å². The molecule has 0 radical (unpaired) electrons. The lowest BCUT2D eigenvalue weighted by Gasteiger charge is -2.29. The number of hydrogen-bond donors (Lipinski definition) is 3. The van der Waals surface area contributed by atoms with Crippen molar-refractivity contribution in [2.75, 3.05) is 32.8 Å². The van der Waals surface area contributed by atoms with Crippen molar-refractivity contribution in [1.82, 2.24) is 10.2 Å². The monoisotopic (exact) mass is 348 g/mol. The molecule has 1 aliphatic rings. The van der Waals surface area contributed by atoms with Crippen LogP contribution >= 0.6 is 0 Å². The zero-order valence-electron chi connectivity index (χ0n) is 15.3. The molecule has 25 heavy (non-hydrogen) atoms. The molecule has 0 aliphatic carbocycles. The Morgan fingerprint density at radius 3 is 2.64 bits per heavy atom. The first-order chi connectivity index (χ1) is 12.2. The number of ether oxygens (including phenoxy) is 1.